The summed E-state index contributed by atoms with van der Waals surface area (Å²) in [7, 11) is -3.31. The third-order valence-electron chi connectivity index (χ3n) is 3.94. The number of fused-ring (bicyclic) bond motifs is 1. The van der Waals surface area contributed by atoms with Gasteiger partial charge in [0.1, 0.15) is 5.82 Å². The normalized spacial score (nSPS) is 11.2. The van der Waals surface area contributed by atoms with Crippen molar-refractivity contribution in [1.82, 2.24) is 14.3 Å². The fraction of sp³-hybridized carbons (Fsp3) is 0.200. The topological polar surface area (TPSA) is 81.1 Å². The molecule has 0 atom stereocenters. The van der Waals surface area contributed by atoms with Crippen LogP contribution in [0.5, 0.6) is 0 Å². The van der Waals surface area contributed by atoms with Gasteiger partial charge in [-0.3, -0.25) is 9.36 Å². The molecular weight excluding hydrogens is 362 g/mol. The SMILES string of the molecule is CCc1nc2cccc(C#CCNS(C)(=O)=O)c2c(=O)n1-c1ccccc1. The van der Waals surface area contributed by atoms with Crippen LogP contribution in [0.4, 0.5) is 0 Å². The van der Waals surface area contributed by atoms with E-state index in [1.54, 1.807) is 22.8 Å². The Labute approximate surface area is 157 Å². The van der Waals surface area contributed by atoms with Crippen molar-refractivity contribution in [1.29, 1.82) is 0 Å². The highest BCUT2D eigenvalue weighted by Crippen LogP contribution is 2.16. The number of sulfonamides is 1. The summed E-state index contributed by atoms with van der Waals surface area (Å²) in [6.45, 7) is 1.93. The maximum absolute atomic E-state index is 13.3. The summed E-state index contributed by atoms with van der Waals surface area (Å²) in [6.07, 6.45) is 1.68. The summed E-state index contributed by atoms with van der Waals surface area (Å²) in [6, 6.07) is 14.7. The molecule has 1 heterocycles. The first-order chi connectivity index (χ1) is 12.9. The summed E-state index contributed by atoms with van der Waals surface area (Å²) in [5.41, 5.74) is 1.65. The zero-order chi connectivity index (χ0) is 19.4. The molecule has 0 amide bonds. The van der Waals surface area contributed by atoms with Gasteiger partial charge in [-0.15, -0.1) is 0 Å². The van der Waals surface area contributed by atoms with Gasteiger partial charge in [-0.05, 0) is 24.3 Å². The van der Waals surface area contributed by atoms with Crippen molar-refractivity contribution in [2.45, 2.75) is 13.3 Å². The lowest BCUT2D eigenvalue weighted by Gasteiger charge is -2.13. The lowest BCUT2D eigenvalue weighted by atomic mass is 10.1. The third-order valence-corrected chi connectivity index (χ3v) is 4.61. The second kappa shape index (κ2) is 7.74. The summed E-state index contributed by atoms with van der Waals surface area (Å²) in [5.74, 6) is 6.31. The Bertz CT molecular complexity index is 1200. The Morgan fingerprint density at radius 1 is 1.11 bits per heavy atom. The van der Waals surface area contributed by atoms with Crippen LogP contribution >= 0.6 is 0 Å². The molecule has 0 aliphatic heterocycles. The Hall–Kier alpha value is -2.95. The van der Waals surface area contributed by atoms with E-state index in [4.69, 9.17) is 0 Å². The molecule has 0 saturated heterocycles. The molecule has 0 aliphatic carbocycles. The van der Waals surface area contributed by atoms with E-state index in [-0.39, 0.29) is 12.1 Å². The number of hydrogen-bond donors (Lipinski definition) is 1. The minimum atomic E-state index is -3.31. The molecular formula is C20H19N3O3S. The molecule has 2 aromatic carbocycles. The molecule has 27 heavy (non-hydrogen) atoms. The van der Waals surface area contributed by atoms with Crippen LogP contribution < -0.4 is 10.3 Å². The van der Waals surface area contributed by atoms with Crippen LogP contribution in [0.1, 0.15) is 18.3 Å². The van der Waals surface area contributed by atoms with Crippen LogP contribution in [0.15, 0.2) is 53.3 Å². The smallest absolute Gasteiger partial charge is 0.267 e. The molecule has 138 valence electrons. The molecule has 1 aromatic heterocycles. The van der Waals surface area contributed by atoms with Crippen molar-refractivity contribution in [3.8, 4) is 17.5 Å². The number of hydrogen-bond acceptors (Lipinski definition) is 4. The zero-order valence-corrected chi connectivity index (χ0v) is 15.9. The predicted molar refractivity (Wildman–Crippen MR) is 106 cm³/mol. The Morgan fingerprint density at radius 3 is 2.52 bits per heavy atom. The second-order valence-electron chi connectivity index (χ2n) is 5.95. The van der Waals surface area contributed by atoms with Gasteiger partial charge in [-0.2, -0.15) is 0 Å². The first-order valence-corrected chi connectivity index (χ1v) is 10.3. The van der Waals surface area contributed by atoms with Crippen molar-refractivity contribution in [2.75, 3.05) is 12.8 Å². The molecule has 3 rings (SSSR count). The quantitative estimate of drug-likeness (QED) is 0.700. The molecule has 0 unspecified atom stereocenters. The van der Waals surface area contributed by atoms with E-state index in [0.29, 0.717) is 28.7 Å². The van der Waals surface area contributed by atoms with Crippen LogP contribution in [0.2, 0.25) is 0 Å². The van der Waals surface area contributed by atoms with Gasteiger partial charge in [0.15, 0.2) is 0 Å². The van der Waals surface area contributed by atoms with Gasteiger partial charge >= 0.3 is 0 Å². The van der Waals surface area contributed by atoms with Gasteiger partial charge < -0.3 is 0 Å². The van der Waals surface area contributed by atoms with Gasteiger partial charge in [0.2, 0.25) is 10.0 Å². The van der Waals surface area contributed by atoms with Gasteiger partial charge in [-0.1, -0.05) is 43.0 Å². The van der Waals surface area contributed by atoms with E-state index >= 15 is 0 Å². The number of nitrogens with zero attached hydrogens (tertiary/aromatic N) is 2. The first-order valence-electron chi connectivity index (χ1n) is 8.44. The standard InChI is InChI=1S/C20H19N3O3S/c1-3-18-22-17-13-7-9-15(10-8-14-21-27(2,25)26)19(17)20(24)23(18)16-11-5-4-6-12-16/h4-7,9,11-13,21H,3,14H2,1-2H3. The highest BCUT2D eigenvalue weighted by atomic mass is 32.2. The van der Waals surface area contributed by atoms with E-state index in [2.05, 4.69) is 21.5 Å². The first kappa shape index (κ1) is 18.8. The summed E-state index contributed by atoms with van der Waals surface area (Å²) in [4.78, 5) is 17.9. The summed E-state index contributed by atoms with van der Waals surface area (Å²) < 4.78 is 26.2. The summed E-state index contributed by atoms with van der Waals surface area (Å²) >= 11 is 0. The monoisotopic (exact) mass is 381 g/mol. The van der Waals surface area contributed by atoms with E-state index < -0.39 is 10.0 Å². The molecule has 1 N–H and O–H groups in total. The van der Waals surface area contributed by atoms with Crippen LogP contribution in [0.3, 0.4) is 0 Å². The predicted octanol–water partition coefficient (Wildman–Crippen LogP) is 1.85. The molecule has 0 bridgehead atoms. The Balaban J connectivity index is 2.18. The largest absolute Gasteiger partial charge is 0.268 e. The average molecular weight is 381 g/mol. The minimum absolute atomic E-state index is 0.0252. The molecule has 6 nitrogen and oxygen atoms in total. The molecule has 3 aromatic rings. The minimum Gasteiger partial charge on any atom is -0.268 e. The molecule has 0 spiro atoms. The van der Waals surface area contributed by atoms with Crippen molar-refractivity contribution in [3.05, 3.63) is 70.3 Å². The molecule has 0 radical (unpaired) electrons. The van der Waals surface area contributed by atoms with Gasteiger partial charge in [0.05, 0.1) is 29.4 Å². The highest BCUT2D eigenvalue weighted by Gasteiger charge is 2.13. The molecule has 7 heteroatoms. The highest BCUT2D eigenvalue weighted by molar-refractivity contribution is 7.88. The number of benzene rings is 2. The van der Waals surface area contributed by atoms with Crippen molar-refractivity contribution in [2.24, 2.45) is 0 Å². The fourth-order valence-corrected chi connectivity index (χ4v) is 3.10. The van der Waals surface area contributed by atoms with E-state index in [1.807, 2.05) is 37.3 Å². The van der Waals surface area contributed by atoms with Crippen molar-refractivity contribution < 1.29 is 8.42 Å². The van der Waals surface area contributed by atoms with Crippen molar-refractivity contribution in [3.63, 3.8) is 0 Å². The fourth-order valence-electron chi connectivity index (χ4n) is 2.77. The van der Waals surface area contributed by atoms with Gasteiger partial charge in [0.25, 0.3) is 5.56 Å². The molecule has 0 aliphatic rings. The van der Waals surface area contributed by atoms with E-state index in [0.717, 1.165) is 11.9 Å². The lowest BCUT2D eigenvalue weighted by molar-refractivity contribution is 0.592. The summed E-state index contributed by atoms with van der Waals surface area (Å²) in [5, 5.41) is 0.422. The number of aryl methyl sites for hydroxylation is 1. The van der Waals surface area contributed by atoms with Crippen LogP contribution in [-0.4, -0.2) is 30.8 Å². The zero-order valence-electron chi connectivity index (χ0n) is 15.1. The molecule has 0 fully saturated rings. The van der Waals surface area contributed by atoms with Crippen LogP contribution in [0, 0.1) is 11.8 Å². The number of para-hydroxylation sites is 1. The number of rotatable bonds is 4. The van der Waals surface area contributed by atoms with E-state index in [9.17, 15) is 13.2 Å². The van der Waals surface area contributed by atoms with Crippen LogP contribution in [-0.2, 0) is 16.4 Å². The molecule has 0 saturated carbocycles. The average Bonchev–Trinajstić information content (AvgIpc) is 2.64. The Morgan fingerprint density at radius 2 is 1.85 bits per heavy atom. The second-order valence-corrected chi connectivity index (χ2v) is 7.79. The maximum Gasteiger partial charge on any atom is 0.267 e. The lowest BCUT2D eigenvalue weighted by Crippen LogP contribution is -2.24. The van der Waals surface area contributed by atoms with E-state index in [1.165, 1.54) is 0 Å². The number of aromatic nitrogens is 2. The third kappa shape index (κ3) is 4.25. The Kier molecular flexibility index (Phi) is 5.40. The van der Waals surface area contributed by atoms with Gasteiger partial charge in [0, 0.05) is 12.0 Å². The van der Waals surface area contributed by atoms with Crippen molar-refractivity contribution >= 4 is 20.9 Å². The maximum atomic E-state index is 13.3. The van der Waals surface area contributed by atoms with Crippen LogP contribution in [0.25, 0.3) is 16.6 Å². The van der Waals surface area contributed by atoms with Gasteiger partial charge in [-0.25, -0.2) is 18.1 Å². The number of nitrogens with one attached hydrogen (secondary N) is 1.